The van der Waals surface area contributed by atoms with Crippen molar-refractivity contribution in [3.63, 3.8) is 0 Å². The lowest BCUT2D eigenvalue weighted by Gasteiger charge is -2.24. The molecule has 0 radical (unpaired) electrons. The molecule has 4 aliphatic rings. The highest BCUT2D eigenvalue weighted by Crippen LogP contribution is 2.42. The van der Waals surface area contributed by atoms with Gasteiger partial charge in [-0.3, -0.25) is 15.0 Å². The van der Waals surface area contributed by atoms with Crippen molar-refractivity contribution >= 4 is 85.2 Å². The zero-order chi connectivity index (χ0) is 89.2. The number of hydrogen-bond donors (Lipinski definition) is 8. The molecule has 16 aromatic rings. The van der Waals surface area contributed by atoms with Crippen molar-refractivity contribution in [3.05, 3.63) is 265 Å². The van der Waals surface area contributed by atoms with E-state index < -0.39 is 39.3 Å². The van der Waals surface area contributed by atoms with Crippen LogP contribution < -0.4 is 34.0 Å². The van der Waals surface area contributed by atoms with Gasteiger partial charge in [-0.15, -0.1) is 0 Å². The maximum absolute atomic E-state index is 12.0. The molecule has 0 unspecified atom stereocenters. The number of hydrogen-bond acceptors (Lipinski definition) is 27. The number of aliphatic hydroxyl groups excluding tert-OH is 2. The second-order valence-corrected chi connectivity index (χ2v) is 41.6. The topological polar surface area (TPSA) is 484 Å². The standard InChI is InChI=1S/C24H26N6O2S.C23H24N6O2S.C23H23N5O3S.C22H23N5O3S/c1-26-14-20-22(17-9-11-33(31,32)12-10-17)29-24-19(15-28-30(24)23(20)25)18-7-8-21(27-13-18)16-5-3-2-4-6-16;24-12-18-21(16-8-10-32(30,31)11-9-16)28-23-19(14-27-29(23)22(18)25)17-6-7-20(26-13-17)15-4-2-1-3-5-15;24-22-19(14-29)21(16-8-10-32(30,31)11-9-16)27-23-18(13-26-28(22)23)17-6-7-20(25-12-17)15-4-2-1-3-5-15;23-21-19(14-28)20(15-7-10-31(29,30)11-8-15)25-22-18(12-24-27(21)22)16-6-9-26(13-16)17-4-2-1-3-5-17/h2-8,13,15,17,26H,9-12,14,25H2,1H3;1-7,13-14,16H,8-12,24-25H2;1-7,12-13,16,29H,8-11,14,24H2;1-6,9,12-13,15,28H,7-8,10-11,14,23H2. The van der Waals surface area contributed by atoms with E-state index in [1.165, 1.54) is 4.52 Å². The van der Waals surface area contributed by atoms with E-state index in [0.717, 1.165) is 106 Å². The largest absolute Gasteiger partial charge is 0.391 e. The van der Waals surface area contributed by atoms with E-state index in [9.17, 15) is 43.9 Å². The molecule has 4 fully saturated rings. The van der Waals surface area contributed by atoms with E-state index in [0.29, 0.717) is 126 Å². The first-order valence-electron chi connectivity index (χ1n) is 42.2. The summed E-state index contributed by atoms with van der Waals surface area (Å²) in [5.74, 6) is 2.71. The fraction of sp³-hybridized carbons (Fsp3) is 0.272. The maximum Gasteiger partial charge on any atom is 0.165 e. The third kappa shape index (κ3) is 18.2. The molecule has 12 aromatic heterocycles. The van der Waals surface area contributed by atoms with Gasteiger partial charge in [0.05, 0.1) is 124 Å². The third-order valence-electron chi connectivity index (χ3n) is 24.4. The monoisotopic (exact) mass is 1800 g/mol. The molecule has 13 N–H and O–H groups in total. The van der Waals surface area contributed by atoms with Crippen LogP contribution >= 0.6 is 0 Å². The van der Waals surface area contributed by atoms with Crippen LogP contribution in [0, 0.1) is 0 Å². The SMILES string of the molecule is CNCc1c(C2CCS(=O)(=O)CC2)nc2c(-c3ccc(-c4ccccc4)nc3)cnn2c1N.NCc1c(C2CCS(=O)(=O)CC2)nc2c(-c3ccc(-c4ccccc4)nc3)cnn2c1N.Nc1c(CO)c(C2CCS(=O)(=O)CC2)nc2c(-c3ccc(-c4ccccc4)nc3)cnn12.Nc1c(CO)c(C2CCS(=O)(=O)CC2)nc2c(-c3ccn(-c4ccccc4)c3)cnn12. The number of nitrogen functional groups attached to an aromatic ring is 4. The number of rotatable bonds is 17. The number of anilines is 4. The Morgan fingerprint density at radius 3 is 0.914 bits per heavy atom. The minimum atomic E-state index is -3.01. The molecule has 20 rings (SSSR count). The number of sulfone groups is 4. The van der Waals surface area contributed by atoms with E-state index in [1.54, 1.807) is 50.7 Å². The van der Waals surface area contributed by atoms with Crippen LogP contribution in [0.1, 0.15) is 120 Å². The number of nitrogens with two attached hydrogens (primary N) is 5. The van der Waals surface area contributed by atoms with Crippen molar-refractivity contribution < 1.29 is 43.9 Å². The summed E-state index contributed by atoms with van der Waals surface area (Å²) in [6.07, 6.45) is 20.3. The molecule has 4 saturated heterocycles. The fourth-order valence-corrected chi connectivity index (χ4v) is 23.3. The Labute approximate surface area is 739 Å². The molecule has 4 aromatic carbocycles. The van der Waals surface area contributed by atoms with Crippen LogP contribution in [0.5, 0.6) is 0 Å². The Morgan fingerprint density at radius 2 is 0.625 bits per heavy atom. The molecule has 36 heteroatoms. The average molecular weight is 1800 g/mol. The van der Waals surface area contributed by atoms with Crippen LogP contribution in [0.4, 0.5) is 23.3 Å². The lowest BCUT2D eigenvalue weighted by molar-refractivity contribution is 0.278. The van der Waals surface area contributed by atoms with E-state index >= 15 is 0 Å². The summed E-state index contributed by atoms with van der Waals surface area (Å²) < 4.78 is 104. The zero-order valence-corrected chi connectivity index (χ0v) is 73.3. The van der Waals surface area contributed by atoms with Crippen molar-refractivity contribution in [2.45, 2.75) is 101 Å². The predicted octanol–water partition coefficient (Wildman–Crippen LogP) is 11.2. The van der Waals surface area contributed by atoms with Crippen molar-refractivity contribution in [1.82, 2.24) is 83.2 Å². The van der Waals surface area contributed by atoms with Gasteiger partial charge in [0.1, 0.15) is 62.6 Å². The number of pyridine rings is 3. The van der Waals surface area contributed by atoms with Gasteiger partial charge in [0.25, 0.3) is 0 Å². The van der Waals surface area contributed by atoms with Gasteiger partial charge in [-0.2, -0.15) is 38.5 Å². The summed E-state index contributed by atoms with van der Waals surface area (Å²) in [5.41, 5.74) is 53.4. The summed E-state index contributed by atoms with van der Waals surface area (Å²) in [6.45, 7) is 0.203. The van der Waals surface area contributed by atoms with Crippen molar-refractivity contribution in [1.29, 1.82) is 0 Å². The quantitative estimate of drug-likeness (QED) is 0.0420. The van der Waals surface area contributed by atoms with Gasteiger partial charge in [0, 0.05) is 157 Å². The Morgan fingerprint density at radius 1 is 0.344 bits per heavy atom. The highest BCUT2D eigenvalue weighted by molar-refractivity contribution is 7.92. The third-order valence-corrected chi connectivity index (χ3v) is 31.3. The molecule has 0 atom stereocenters. The molecule has 4 aliphatic heterocycles. The Kier molecular flexibility index (Phi) is 25.0. The average Bonchev–Trinajstić information content (AvgIpc) is 1.58. The van der Waals surface area contributed by atoms with E-state index in [-0.39, 0.29) is 89.5 Å². The Bertz CT molecular complexity index is 6980. The summed E-state index contributed by atoms with van der Waals surface area (Å²) in [5, 5.41) is 40.8. The van der Waals surface area contributed by atoms with Gasteiger partial charge in [-0.1, -0.05) is 127 Å². The molecule has 0 amide bonds. The number of nitrogens with zero attached hydrogens (tertiary/aromatic N) is 16. The van der Waals surface area contributed by atoms with Crippen LogP contribution in [-0.2, 0) is 65.7 Å². The number of nitrogens with one attached hydrogen (secondary N) is 1. The number of aliphatic hydroxyl groups is 2. The maximum atomic E-state index is 12.0. The molecule has 16 heterocycles. The van der Waals surface area contributed by atoms with E-state index in [1.807, 2.05) is 194 Å². The zero-order valence-electron chi connectivity index (χ0n) is 70.1. The number of fused-ring (bicyclic) bond motifs is 4. The molecule has 658 valence electrons. The molecule has 0 saturated carbocycles. The molecular formula is C92H96N22O10S4. The molecule has 128 heavy (non-hydrogen) atoms. The van der Waals surface area contributed by atoms with Gasteiger partial charge < -0.3 is 48.8 Å². The van der Waals surface area contributed by atoms with Crippen LogP contribution in [0.3, 0.4) is 0 Å². The van der Waals surface area contributed by atoms with Crippen LogP contribution in [0.15, 0.2) is 220 Å². The number of para-hydroxylation sites is 1. The smallest absolute Gasteiger partial charge is 0.165 e. The first kappa shape index (κ1) is 87.0. The van der Waals surface area contributed by atoms with Gasteiger partial charge >= 0.3 is 0 Å². The predicted molar refractivity (Wildman–Crippen MR) is 495 cm³/mol. The molecule has 32 nitrogen and oxygen atoms in total. The summed E-state index contributed by atoms with van der Waals surface area (Å²) in [7, 11) is -10.1. The lowest BCUT2D eigenvalue weighted by Crippen LogP contribution is -2.25. The molecular weight excluding hydrogens is 1700 g/mol. The lowest BCUT2D eigenvalue weighted by atomic mass is 9.94. The van der Waals surface area contributed by atoms with Crippen LogP contribution in [0.25, 0.3) is 107 Å². The first-order valence-corrected chi connectivity index (χ1v) is 49.5. The van der Waals surface area contributed by atoms with Crippen molar-refractivity contribution in [2.24, 2.45) is 5.73 Å². The molecule has 0 spiro atoms. The van der Waals surface area contributed by atoms with Gasteiger partial charge in [0.15, 0.2) is 22.6 Å². The highest BCUT2D eigenvalue weighted by Gasteiger charge is 2.35. The number of benzene rings is 4. The highest BCUT2D eigenvalue weighted by atomic mass is 32.2. The van der Waals surface area contributed by atoms with Crippen LogP contribution in [0.2, 0.25) is 0 Å². The number of aromatic nitrogens is 16. The van der Waals surface area contributed by atoms with Gasteiger partial charge in [-0.25, -0.2) is 53.6 Å². The Hall–Kier alpha value is -13.1. The fourth-order valence-electron chi connectivity index (χ4n) is 17.3. The van der Waals surface area contributed by atoms with Gasteiger partial charge in [0.2, 0.25) is 0 Å². The molecule has 0 aliphatic carbocycles. The second kappa shape index (κ2) is 36.7. The van der Waals surface area contributed by atoms with Crippen molar-refractivity contribution in [2.75, 3.05) is 76.0 Å². The Balaban J connectivity index is 0.000000120. The van der Waals surface area contributed by atoms with E-state index in [4.69, 9.17) is 48.6 Å². The van der Waals surface area contributed by atoms with Crippen molar-refractivity contribution in [3.8, 4) is 84.0 Å². The minimum absolute atomic E-state index is 0.00528. The minimum Gasteiger partial charge on any atom is -0.391 e. The van der Waals surface area contributed by atoms with E-state index in [2.05, 4.69) is 40.7 Å². The summed E-state index contributed by atoms with van der Waals surface area (Å²) in [6, 6.07) is 53.8. The summed E-state index contributed by atoms with van der Waals surface area (Å²) >= 11 is 0. The van der Waals surface area contributed by atoms with Gasteiger partial charge in [-0.05, 0) is 94.8 Å². The van der Waals surface area contributed by atoms with Crippen LogP contribution in [-0.4, -0.2) is 175 Å². The normalized spacial score (nSPS) is 16.4. The summed E-state index contributed by atoms with van der Waals surface area (Å²) in [4.78, 5) is 33.4. The molecule has 0 bridgehead atoms. The second-order valence-electron chi connectivity index (χ2n) is 32.4. The first-order chi connectivity index (χ1) is 61.9.